The molecule has 0 aliphatic carbocycles. The van der Waals surface area contributed by atoms with Crippen molar-refractivity contribution in [3.8, 4) is 5.75 Å². The van der Waals surface area contributed by atoms with Gasteiger partial charge in [-0.05, 0) is 68.1 Å². The van der Waals surface area contributed by atoms with Crippen molar-refractivity contribution < 1.29 is 19.1 Å². The van der Waals surface area contributed by atoms with Gasteiger partial charge >= 0.3 is 5.97 Å². The zero-order valence-electron chi connectivity index (χ0n) is 17.1. The summed E-state index contributed by atoms with van der Waals surface area (Å²) in [7, 11) is 0. The standard InChI is InChI=1S/C23H29NO4/c1-5-6-13-27-21-11-9-19(10-12-21)23(26)28-15-22(25)24-18(4)20-8-7-16(2)17(3)14-20/h7-12,14,18H,5-6,13,15H2,1-4H3,(H,24,25)/t18-/m0/s1. The summed E-state index contributed by atoms with van der Waals surface area (Å²) < 4.78 is 10.7. The minimum Gasteiger partial charge on any atom is -0.494 e. The normalized spacial score (nSPS) is 11.6. The molecule has 0 unspecified atom stereocenters. The van der Waals surface area contributed by atoms with Crippen molar-refractivity contribution in [2.24, 2.45) is 0 Å². The van der Waals surface area contributed by atoms with Crippen molar-refractivity contribution in [1.29, 1.82) is 0 Å². The topological polar surface area (TPSA) is 64.6 Å². The molecule has 0 fully saturated rings. The molecule has 0 aliphatic rings. The van der Waals surface area contributed by atoms with Gasteiger partial charge in [-0.2, -0.15) is 0 Å². The Bertz CT molecular complexity index is 799. The van der Waals surface area contributed by atoms with Crippen LogP contribution in [0.2, 0.25) is 0 Å². The smallest absolute Gasteiger partial charge is 0.338 e. The van der Waals surface area contributed by atoms with Crippen molar-refractivity contribution in [2.75, 3.05) is 13.2 Å². The number of amides is 1. The van der Waals surface area contributed by atoms with Gasteiger partial charge in [0, 0.05) is 0 Å². The monoisotopic (exact) mass is 383 g/mol. The van der Waals surface area contributed by atoms with E-state index in [0.29, 0.717) is 17.9 Å². The van der Waals surface area contributed by atoms with Crippen LogP contribution in [0.25, 0.3) is 0 Å². The molecule has 0 saturated heterocycles. The highest BCUT2D eigenvalue weighted by Gasteiger charge is 2.13. The maximum Gasteiger partial charge on any atom is 0.338 e. The van der Waals surface area contributed by atoms with Gasteiger partial charge in [-0.15, -0.1) is 0 Å². The molecule has 28 heavy (non-hydrogen) atoms. The van der Waals surface area contributed by atoms with E-state index >= 15 is 0 Å². The van der Waals surface area contributed by atoms with Gasteiger partial charge in [-0.1, -0.05) is 31.5 Å². The summed E-state index contributed by atoms with van der Waals surface area (Å²) >= 11 is 0. The van der Waals surface area contributed by atoms with Crippen LogP contribution in [0.3, 0.4) is 0 Å². The van der Waals surface area contributed by atoms with Crippen LogP contribution in [0.5, 0.6) is 5.75 Å². The Morgan fingerprint density at radius 2 is 1.75 bits per heavy atom. The Hall–Kier alpha value is -2.82. The number of aryl methyl sites for hydroxylation is 2. The summed E-state index contributed by atoms with van der Waals surface area (Å²) in [6.45, 7) is 8.42. The highest BCUT2D eigenvalue weighted by atomic mass is 16.5. The predicted octanol–water partition coefficient (Wildman–Crippen LogP) is 4.52. The van der Waals surface area contributed by atoms with E-state index in [0.717, 1.165) is 18.4 Å². The molecule has 0 aromatic heterocycles. The van der Waals surface area contributed by atoms with Gasteiger partial charge in [0.15, 0.2) is 6.61 Å². The molecule has 2 aromatic rings. The molecule has 5 heteroatoms. The first-order valence-corrected chi connectivity index (χ1v) is 9.67. The second kappa shape index (κ2) is 10.5. The molecule has 0 heterocycles. The van der Waals surface area contributed by atoms with Gasteiger partial charge in [-0.3, -0.25) is 4.79 Å². The molecule has 2 rings (SSSR count). The number of carbonyl (C=O) groups excluding carboxylic acids is 2. The van der Waals surface area contributed by atoms with Crippen molar-refractivity contribution in [1.82, 2.24) is 5.32 Å². The lowest BCUT2D eigenvalue weighted by atomic mass is 10.0. The van der Waals surface area contributed by atoms with E-state index in [1.54, 1.807) is 24.3 Å². The van der Waals surface area contributed by atoms with Crippen LogP contribution in [-0.2, 0) is 9.53 Å². The number of carbonyl (C=O) groups is 2. The number of hydrogen-bond acceptors (Lipinski definition) is 4. The molecule has 1 atom stereocenters. The second-order valence-electron chi connectivity index (χ2n) is 6.94. The van der Waals surface area contributed by atoms with E-state index < -0.39 is 5.97 Å². The van der Waals surface area contributed by atoms with Crippen molar-refractivity contribution in [3.63, 3.8) is 0 Å². The summed E-state index contributed by atoms with van der Waals surface area (Å²) in [6.07, 6.45) is 2.05. The molecule has 1 amide bonds. The minimum atomic E-state index is -0.533. The van der Waals surface area contributed by atoms with Crippen molar-refractivity contribution in [2.45, 2.75) is 46.6 Å². The van der Waals surface area contributed by atoms with Gasteiger partial charge in [0.05, 0.1) is 18.2 Å². The predicted molar refractivity (Wildman–Crippen MR) is 110 cm³/mol. The number of rotatable bonds is 9. The van der Waals surface area contributed by atoms with Crippen LogP contribution in [0.15, 0.2) is 42.5 Å². The summed E-state index contributed by atoms with van der Waals surface area (Å²) in [5.74, 6) is -0.155. The molecular formula is C23H29NO4. The molecule has 0 saturated carbocycles. The minimum absolute atomic E-state index is 0.162. The Balaban J connectivity index is 1.81. The first kappa shape index (κ1) is 21.5. The molecule has 0 bridgehead atoms. The van der Waals surface area contributed by atoms with Crippen LogP contribution >= 0.6 is 0 Å². The van der Waals surface area contributed by atoms with E-state index in [2.05, 4.69) is 18.3 Å². The number of esters is 1. The van der Waals surface area contributed by atoms with Gasteiger partial charge in [0.25, 0.3) is 5.91 Å². The Labute approximate surface area is 167 Å². The lowest BCUT2D eigenvalue weighted by Crippen LogP contribution is -2.31. The van der Waals surface area contributed by atoms with Gasteiger partial charge in [0.2, 0.25) is 0 Å². The largest absolute Gasteiger partial charge is 0.494 e. The Morgan fingerprint density at radius 1 is 1.04 bits per heavy atom. The molecule has 5 nitrogen and oxygen atoms in total. The summed E-state index contributed by atoms with van der Waals surface area (Å²) in [5.41, 5.74) is 3.78. The zero-order valence-corrected chi connectivity index (χ0v) is 17.1. The summed E-state index contributed by atoms with van der Waals surface area (Å²) in [4.78, 5) is 24.2. The fourth-order valence-corrected chi connectivity index (χ4v) is 2.64. The van der Waals surface area contributed by atoms with E-state index in [4.69, 9.17) is 9.47 Å². The summed E-state index contributed by atoms with van der Waals surface area (Å²) in [6, 6.07) is 12.6. The lowest BCUT2D eigenvalue weighted by molar-refractivity contribution is -0.124. The molecule has 0 aliphatic heterocycles. The van der Waals surface area contributed by atoms with Crippen LogP contribution in [-0.4, -0.2) is 25.1 Å². The van der Waals surface area contributed by atoms with Crippen LogP contribution in [0, 0.1) is 13.8 Å². The number of nitrogens with one attached hydrogen (secondary N) is 1. The fraction of sp³-hybridized carbons (Fsp3) is 0.391. The van der Waals surface area contributed by atoms with Gasteiger partial charge < -0.3 is 14.8 Å². The van der Waals surface area contributed by atoms with Crippen LogP contribution < -0.4 is 10.1 Å². The van der Waals surface area contributed by atoms with Gasteiger partial charge in [-0.25, -0.2) is 4.79 Å². The molecule has 1 N–H and O–H groups in total. The number of ether oxygens (including phenoxy) is 2. The molecule has 0 radical (unpaired) electrons. The zero-order chi connectivity index (χ0) is 20.5. The third kappa shape index (κ3) is 6.41. The molecule has 0 spiro atoms. The van der Waals surface area contributed by atoms with Crippen molar-refractivity contribution >= 4 is 11.9 Å². The second-order valence-corrected chi connectivity index (χ2v) is 6.94. The molecular weight excluding hydrogens is 354 g/mol. The summed E-state index contributed by atoms with van der Waals surface area (Å²) in [5, 5.41) is 2.85. The number of unbranched alkanes of at least 4 members (excludes halogenated alkanes) is 1. The lowest BCUT2D eigenvalue weighted by Gasteiger charge is -2.16. The Morgan fingerprint density at radius 3 is 2.39 bits per heavy atom. The van der Waals surface area contributed by atoms with E-state index in [1.165, 1.54) is 11.1 Å². The first-order chi connectivity index (χ1) is 13.4. The highest BCUT2D eigenvalue weighted by molar-refractivity contribution is 5.91. The van der Waals surface area contributed by atoms with E-state index in [1.807, 2.05) is 32.9 Å². The third-order valence-corrected chi connectivity index (χ3v) is 4.60. The maximum absolute atomic E-state index is 12.1. The Kier molecular flexibility index (Phi) is 8.05. The van der Waals surface area contributed by atoms with E-state index in [9.17, 15) is 9.59 Å². The quantitative estimate of drug-likeness (QED) is 0.511. The van der Waals surface area contributed by atoms with Gasteiger partial charge in [0.1, 0.15) is 5.75 Å². The number of benzene rings is 2. The van der Waals surface area contributed by atoms with Crippen LogP contribution in [0.1, 0.15) is 59.8 Å². The highest BCUT2D eigenvalue weighted by Crippen LogP contribution is 2.17. The molecule has 150 valence electrons. The SMILES string of the molecule is CCCCOc1ccc(C(=O)OCC(=O)N[C@@H](C)c2ccc(C)c(C)c2)cc1. The first-order valence-electron chi connectivity index (χ1n) is 9.67. The third-order valence-electron chi connectivity index (χ3n) is 4.60. The van der Waals surface area contributed by atoms with E-state index in [-0.39, 0.29) is 18.6 Å². The maximum atomic E-state index is 12.1. The fourth-order valence-electron chi connectivity index (χ4n) is 2.64. The average molecular weight is 383 g/mol. The van der Waals surface area contributed by atoms with Crippen LogP contribution in [0.4, 0.5) is 0 Å². The van der Waals surface area contributed by atoms with Crippen molar-refractivity contribution in [3.05, 3.63) is 64.7 Å². The number of hydrogen-bond donors (Lipinski definition) is 1. The molecule has 2 aromatic carbocycles. The average Bonchev–Trinajstić information content (AvgIpc) is 2.69.